The molecule has 4 heterocycles. The molecule has 180 valence electrons. The summed E-state index contributed by atoms with van der Waals surface area (Å²) in [6, 6.07) is 28.1. The molecule has 7 rings (SSSR count). The van der Waals surface area contributed by atoms with E-state index in [1.54, 1.807) is 12.4 Å². The maximum Gasteiger partial charge on any atom is 0.179 e. The van der Waals surface area contributed by atoms with Gasteiger partial charge in [-0.15, -0.1) is 0 Å². The van der Waals surface area contributed by atoms with Gasteiger partial charge in [-0.3, -0.25) is 9.97 Å². The summed E-state index contributed by atoms with van der Waals surface area (Å²) in [6.45, 7) is 0. The molecule has 6 heteroatoms. The van der Waals surface area contributed by atoms with Crippen LogP contribution in [0.5, 0.6) is 0 Å². The van der Waals surface area contributed by atoms with Crippen molar-refractivity contribution < 1.29 is 0 Å². The Hall–Kier alpha value is -5.10. The van der Waals surface area contributed by atoms with Crippen LogP contribution in [0, 0.1) is 0 Å². The van der Waals surface area contributed by atoms with Crippen molar-refractivity contribution in [2.45, 2.75) is 12.8 Å². The SMILES string of the molecule is C1=Cc2c(nc(-c3ccccn3)nc2-c2cccc(-c3nc(-c4ccccn4)nc4ccccc34)c2)CC1. The van der Waals surface area contributed by atoms with Gasteiger partial charge in [-0.05, 0) is 49.2 Å². The van der Waals surface area contributed by atoms with Crippen molar-refractivity contribution in [3.05, 3.63) is 115 Å². The lowest BCUT2D eigenvalue weighted by Crippen LogP contribution is -2.06. The third kappa shape index (κ3) is 4.02. The molecule has 1 aliphatic carbocycles. The van der Waals surface area contributed by atoms with Crippen LogP contribution in [0.3, 0.4) is 0 Å². The monoisotopic (exact) mass is 490 g/mol. The molecule has 0 saturated carbocycles. The van der Waals surface area contributed by atoms with Crippen LogP contribution in [0.25, 0.3) is 62.5 Å². The van der Waals surface area contributed by atoms with E-state index < -0.39 is 0 Å². The van der Waals surface area contributed by atoms with Gasteiger partial charge in [-0.2, -0.15) is 0 Å². The first-order valence-electron chi connectivity index (χ1n) is 12.6. The summed E-state index contributed by atoms with van der Waals surface area (Å²) < 4.78 is 0. The Kier molecular flexibility index (Phi) is 5.48. The molecule has 6 nitrogen and oxygen atoms in total. The van der Waals surface area contributed by atoms with Gasteiger partial charge in [0.1, 0.15) is 11.4 Å². The number of fused-ring (bicyclic) bond motifs is 2. The number of para-hydroxylation sites is 1. The predicted molar refractivity (Wildman–Crippen MR) is 150 cm³/mol. The molecule has 4 aromatic heterocycles. The first-order chi connectivity index (χ1) is 18.8. The van der Waals surface area contributed by atoms with Crippen LogP contribution >= 0.6 is 0 Å². The summed E-state index contributed by atoms with van der Waals surface area (Å²) in [5.41, 5.74) is 8.26. The highest BCUT2D eigenvalue weighted by Gasteiger charge is 2.19. The number of hydrogen-bond donors (Lipinski definition) is 0. The van der Waals surface area contributed by atoms with Crippen LogP contribution in [-0.2, 0) is 6.42 Å². The highest BCUT2D eigenvalue weighted by Crippen LogP contribution is 2.34. The third-order valence-electron chi connectivity index (χ3n) is 6.66. The Labute approximate surface area is 219 Å². The standard InChI is InChI=1S/C32H22N6/c1-3-14-25-23(12-1)29(37-31(35-25)27-16-5-7-18-33-27)21-10-9-11-22(20-21)30-24-13-2-4-15-26(24)36-32(38-30)28-17-6-8-19-34-28/h1-3,5-14,16-20H,4,15H2. The van der Waals surface area contributed by atoms with E-state index in [1.165, 1.54) is 0 Å². The van der Waals surface area contributed by atoms with E-state index in [4.69, 9.17) is 19.9 Å². The van der Waals surface area contributed by atoms with Crippen molar-refractivity contribution in [1.29, 1.82) is 0 Å². The van der Waals surface area contributed by atoms with Gasteiger partial charge in [0.05, 0.1) is 22.6 Å². The van der Waals surface area contributed by atoms with E-state index >= 15 is 0 Å². The first-order valence-corrected chi connectivity index (χ1v) is 12.6. The highest BCUT2D eigenvalue weighted by molar-refractivity contribution is 5.94. The molecule has 0 amide bonds. The number of allylic oxidation sites excluding steroid dienone is 1. The van der Waals surface area contributed by atoms with Crippen LogP contribution in [-0.4, -0.2) is 29.9 Å². The number of aryl methyl sites for hydroxylation is 1. The van der Waals surface area contributed by atoms with E-state index in [1.807, 2.05) is 54.6 Å². The second-order valence-electron chi connectivity index (χ2n) is 9.12. The first kappa shape index (κ1) is 22.1. The number of hydrogen-bond acceptors (Lipinski definition) is 6. The Bertz CT molecular complexity index is 1810. The Morgan fingerprint density at radius 2 is 1.26 bits per heavy atom. The summed E-state index contributed by atoms with van der Waals surface area (Å²) in [6.07, 6.45) is 9.72. The minimum absolute atomic E-state index is 0.601. The zero-order valence-corrected chi connectivity index (χ0v) is 20.5. The number of pyridine rings is 2. The van der Waals surface area contributed by atoms with E-state index in [0.29, 0.717) is 11.6 Å². The van der Waals surface area contributed by atoms with E-state index in [2.05, 4.69) is 52.5 Å². The molecular formula is C32H22N6. The third-order valence-corrected chi connectivity index (χ3v) is 6.66. The number of benzene rings is 2. The van der Waals surface area contributed by atoms with Crippen molar-refractivity contribution in [3.8, 4) is 45.6 Å². The smallest absolute Gasteiger partial charge is 0.179 e. The molecule has 38 heavy (non-hydrogen) atoms. The van der Waals surface area contributed by atoms with Crippen molar-refractivity contribution in [1.82, 2.24) is 29.9 Å². The van der Waals surface area contributed by atoms with E-state index in [-0.39, 0.29) is 0 Å². The average Bonchev–Trinajstić information content (AvgIpc) is 3.01. The molecule has 1 aliphatic rings. The van der Waals surface area contributed by atoms with Gasteiger partial charge >= 0.3 is 0 Å². The lowest BCUT2D eigenvalue weighted by atomic mass is 9.95. The minimum atomic E-state index is 0.601. The van der Waals surface area contributed by atoms with Crippen LogP contribution in [0.1, 0.15) is 17.7 Å². The molecule has 0 fully saturated rings. The molecule has 0 spiro atoms. The maximum absolute atomic E-state index is 5.02. The molecule has 0 aliphatic heterocycles. The van der Waals surface area contributed by atoms with Crippen molar-refractivity contribution >= 4 is 17.0 Å². The second kappa shape index (κ2) is 9.41. The molecule has 6 aromatic rings. The molecule has 0 radical (unpaired) electrons. The fourth-order valence-electron chi connectivity index (χ4n) is 4.85. The molecular weight excluding hydrogens is 468 g/mol. The predicted octanol–water partition coefficient (Wildman–Crippen LogP) is 6.84. The summed E-state index contributed by atoms with van der Waals surface area (Å²) >= 11 is 0. The van der Waals surface area contributed by atoms with Gasteiger partial charge in [0.25, 0.3) is 0 Å². The quantitative estimate of drug-likeness (QED) is 0.269. The molecule has 0 saturated heterocycles. The average molecular weight is 491 g/mol. The molecule has 0 bridgehead atoms. The molecule has 0 N–H and O–H groups in total. The second-order valence-corrected chi connectivity index (χ2v) is 9.12. The minimum Gasteiger partial charge on any atom is -0.253 e. The largest absolute Gasteiger partial charge is 0.253 e. The van der Waals surface area contributed by atoms with Gasteiger partial charge < -0.3 is 0 Å². The number of aromatic nitrogens is 6. The van der Waals surface area contributed by atoms with Crippen LogP contribution < -0.4 is 0 Å². The highest BCUT2D eigenvalue weighted by atomic mass is 14.9. The summed E-state index contributed by atoms with van der Waals surface area (Å²) in [5, 5.41) is 0.989. The number of nitrogens with zero attached hydrogens (tertiary/aromatic N) is 6. The lowest BCUT2D eigenvalue weighted by Gasteiger charge is -2.16. The molecule has 0 atom stereocenters. The summed E-state index contributed by atoms with van der Waals surface area (Å²) in [5.74, 6) is 1.24. The molecule has 2 aromatic carbocycles. The Balaban J connectivity index is 1.42. The summed E-state index contributed by atoms with van der Waals surface area (Å²) in [4.78, 5) is 28.7. The van der Waals surface area contributed by atoms with Crippen LogP contribution in [0.4, 0.5) is 0 Å². The zero-order valence-electron chi connectivity index (χ0n) is 20.5. The van der Waals surface area contributed by atoms with Crippen LogP contribution in [0.2, 0.25) is 0 Å². The fraction of sp³-hybridized carbons (Fsp3) is 0.0625. The van der Waals surface area contributed by atoms with Crippen molar-refractivity contribution in [2.24, 2.45) is 0 Å². The lowest BCUT2D eigenvalue weighted by molar-refractivity contribution is 0.912. The number of rotatable bonds is 4. The maximum atomic E-state index is 5.02. The molecule has 0 unspecified atom stereocenters. The van der Waals surface area contributed by atoms with Gasteiger partial charge in [0, 0.05) is 34.5 Å². The van der Waals surface area contributed by atoms with E-state index in [0.717, 1.165) is 68.9 Å². The van der Waals surface area contributed by atoms with E-state index in [9.17, 15) is 0 Å². The fourth-order valence-corrected chi connectivity index (χ4v) is 4.85. The topological polar surface area (TPSA) is 77.3 Å². The zero-order chi connectivity index (χ0) is 25.3. The van der Waals surface area contributed by atoms with Gasteiger partial charge in [-0.1, -0.05) is 60.7 Å². The Morgan fingerprint density at radius 3 is 2.03 bits per heavy atom. The van der Waals surface area contributed by atoms with Gasteiger partial charge in [0.2, 0.25) is 0 Å². The van der Waals surface area contributed by atoms with Gasteiger partial charge in [0.15, 0.2) is 11.6 Å². The normalized spacial score (nSPS) is 12.4. The van der Waals surface area contributed by atoms with Crippen molar-refractivity contribution in [2.75, 3.05) is 0 Å². The van der Waals surface area contributed by atoms with Gasteiger partial charge in [-0.25, -0.2) is 19.9 Å². The van der Waals surface area contributed by atoms with Crippen molar-refractivity contribution in [3.63, 3.8) is 0 Å². The summed E-state index contributed by atoms with van der Waals surface area (Å²) in [7, 11) is 0. The Morgan fingerprint density at radius 1 is 0.579 bits per heavy atom. The van der Waals surface area contributed by atoms with Crippen LogP contribution in [0.15, 0.2) is 103 Å².